The van der Waals surface area contributed by atoms with Crippen LogP contribution in [0.25, 0.3) is 0 Å². The number of carbonyl (C=O) groups excluding carboxylic acids is 1. The Morgan fingerprint density at radius 3 is 2.95 bits per heavy atom. The summed E-state index contributed by atoms with van der Waals surface area (Å²) in [7, 11) is 0. The van der Waals surface area contributed by atoms with Gasteiger partial charge in [-0.1, -0.05) is 11.6 Å². The van der Waals surface area contributed by atoms with E-state index < -0.39 is 10.8 Å². The number of halogens is 1. The van der Waals surface area contributed by atoms with E-state index in [2.05, 4.69) is 5.32 Å². The van der Waals surface area contributed by atoms with Crippen LogP contribution >= 0.6 is 11.6 Å². The highest BCUT2D eigenvalue weighted by Gasteiger charge is 2.20. The number of nitro groups is 1. The monoisotopic (exact) mass is 313 g/mol. The van der Waals surface area contributed by atoms with Gasteiger partial charge in [-0.05, 0) is 18.8 Å². The van der Waals surface area contributed by atoms with E-state index in [-0.39, 0.29) is 27.9 Å². The first-order valence-electron chi connectivity index (χ1n) is 6.58. The minimum atomic E-state index is -0.614. The molecule has 1 aliphatic heterocycles. The van der Waals surface area contributed by atoms with E-state index in [0.717, 1.165) is 31.6 Å². The van der Waals surface area contributed by atoms with Crippen LogP contribution in [0.4, 0.5) is 11.4 Å². The molecule has 0 saturated carbocycles. The third-order valence-electron chi connectivity index (χ3n) is 3.38. The van der Waals surface area contributed by atoms with Gasteiger partial charge < -0.3 is 15.8 Å². The summed E-state index contributed by atoms with van der Waals surface area (Å²) in [6, 6.07) is 2.26. The normalized spacial score (nSPS) is 18.2. The largest absolute Gasteiger partial charge is 0.397 e. The Kier molecular flexibility index (Phi) is 4.98. The summed E-state index contributed by atoms with van der Waals surface area (Å²) in [5.74, 6) is -0.221. The van der Waals surface area contributed by atoms with Crippen molar-refractivity contribution in [1.29, 1.82) is 0 Å². The molecule has 21 heavy (non-hydrogen) atoms. The van der Waals surface area contributed by atoms with Crippen molar-refractivity contribution in [3.8, 4) is 0 Å². The van der Waals surface area contributed by atoms with Gasteiger partial charge in [0.15, 0.2) is 0 Å². The van der Waals surface area contributed by atoms with Crippen molar-refractivity contribution in [1.82, 2.24) is 5.32 Å². The van der Waals surface area contributed by atoms with E-state index in [1.54, 1.807) is 0 Å². The molecule has 3 N–H and O–H groups in total. The molecule has 1 unspecified atom stereocenters. The zero-order valence-corrected chi connectivity index (χ0v) is 12.1. The smallest absolute Gasteiger partial charge is 0.271 e. The average Bonchev–Trinajstić information content (AvgIpc) is 2.48. The maximum absolute atomic E-state index is 12.1. The Morgan fingerprint density at radius 1 is 1.57 bits per heavy atom. The zero-order valence-electron chi connectivity index (χ0n) is 11.3. The number of hydrogen-bond donors (Lipinski definition) is 2. The minimum Gasteiger partial charge on any atom is -0.397 e. The standard InChI is InChI=1S/C13H16ClN3O4/c14-11-5-9(17(19)20)4-10(12(11)15)13(18)16-6-8-2-1-3-21-7-8/h4-5,8H,1-3,6-7,15H2,(H,16,18). The first kappa shape index (κ1) is 15.5. The Hall–Kier alpha value is -1.86. The molecule has 0 spiro atoms. The molecule has 1 aromatic carbocycles. The molecule has 0 bridgehead atoms. The molecule has 8 heteroatoms. The van der Waals surface area contributed by atoms with Crippen LogP contribution < -0.4 is 11.1 Å². The highest BCUT2D eigenvalue weighted by atomic mass is 35.5. The fourth-order valence-corrected chi connectivity index (χ4v) is 2.41. The first-order chi connectivity index (χ1) is 9.99. The van der Waals surface area contributed by atoms with Crippen LogP contribution in [0.5, 0.6) is 0 Å². The number of carbonyl (C=O) groups is 1. The van der Waals surface area contributed by atoms with Crippen LogP contribution in [0, 0.1) is 16.0 Å². The molecule has 0 aromatic heterocycles. The molecule has 1 atom stereocenters. The molecule has 114 valence electrons. The number of nitro benzene ring substituents is 1. The number of nitrogens with one attached hydrogen (secondary N) is 1. The number of hydrogen-bond acceptors (Lipinski definition) is 5. The predicted molar refractivity (Wildman–Crippen MR) is 78.4 cm³/mol. The van der Waals surface area contributed by atoms with Crippen molar-refractivity contribution in [2.75, 3.05) is 25.5 Å². The summed E-state index contributed by atoms with van der Waals surface area (Å²) >= 11 is 5.83. The van der Waals surface area contributed by atoms with Crippen molar-refractivity contribution in [2.24, 2.45) is 5.92 Å². The van der Waals surface area contributed by atoms with Gasteiger partial charge in [-0.15, -0.1) is 0 Å². The number of rotatable bonds is 4. The van der Waals surface area contributed by atoms with E-state index in [1.807, 2.05) is 0 Å². The van der Waals surface area contributed by atoms with Crippen LogP contribution in [0.2, 0.25) is 5.02 Å². The van der Waals surface area contributed by atoms with E-state index in [9.17, 15) is 14.9 Å². The third-order valence-corrected chi connectivity index (χ3v) is 3.69. The van der Waals surface area contributed by atoms with Crippen LogP contribution in [0.15, 0.2) is 12.1 Å². The molecule has 1 fully saturated rings. The minimum absolute atomic E-state index is 0.00431. The van der Waals surface area contributed by atoms with Gasteiger partial charge in [0.25, 0.3) is 11.6 Å². The van der Waals surface area contributed by atoms with Crippen LogP contribution in [0.1, 0.15) is 23.2 Å². The number of ether oxygens (including phenoxy) is 1. The van der Waals surface area contributed by atoms with Crippen molar-refractivity contribution in [3.63, 3.8) is 0 Å². The lowest BCUT2D eigenvalue weighted by molar-refractivity contribution is -0.384. The van der Waals surface area contributed by atoms with Crippen molar-refractivity contribution < 1.29 is 14.5 Å². The van der Waals surface area contributed by atoms with Crippen LogP contribution in [-0.2, 0) is 4.74 Å². The maximum atomic E-state index is 12.1. The number of amides is 1. The highest BCUT2D eigenvalue weighted by molar-refractivity contribution is 6.34. The number of anilines is 1. The van der Waals surface area contributed by atoms with Crippen LogP contribution in [0.3, 0.4) is 0 Å². The molecule has 2 rings (SSSR count). The van der Waals surface area contributed by atoms with E-state index in [1.165, 1.54) is 0 Å². The quantitative estimate of drug-likeness (QED) is 0.502. The summed E-state index contributed by atoms with van der Waals surface area (Å²) < 4.78 is 5.33. The molecular formula is C13H16ClN3O4. The first-order valence-corrected chi connectivity index (χ1v) is 6.96. The van der Waals surface area contributed by atoms with Gasteiger partial charge in [0.05, 0.1) is 27.8 Å². The molecule has 1 aliphatic rings. The predicted octanol–water partition coefficient (Wildman–Crippen LogP) is 1.99. The highest BCUT2D eigenvalue weighted by Crippen LogP contribution is 2.28. The van der Waals surface area contributed by atoms with Gasteiger partial charge in [0.2, 0.25) is 0 Å². The number of non-ortho nitro benzene ring substituents is 1. The summed E-state index contributed by atoms with van der Waals surface area (Å²) in [5, 5.41) is 13.5. The van der Waals surface area contributed by atoms with E-state index in [4.69, 9.17) is 22.1 Å². The zero-order chi connectivity index (χ0) is 15.4. The summed E-state index contributed by atoms with van der Waals surface area (Å²) in [4.78, 5) is 22.3. The van der Waals surface area contributed by atoms with Gasteiger partial charge in [-0.25, -0.2) is 0 Å². The summed E-state index contributed by atoms with van der Waals surface area (Å²) in [5.41, 5.74) is 5.52. The molecule has 1 heterocycles. The molecule has 1 aromatic rings. The van der Waals surface area contributed by atoms with Gasteiger partial charge in [0, 0.05) is 25.3 Å². The molecule has 1 saturated heterocycles. The Labute approximate surface area is 126 Å². The number of nitrogens with zero attached hydrogens (tertiary/aromatic N) is 1. The van der Waals surface area contributed by atoms with Crippen molar-refractivity contribution in [3.05, 3.63) is 32.8 Å². The second-order valence-corrected chi connectivity index (χ2v) is 5.35. The molecular weight excluding hydrogens is 298 g/mol. The topological polar surface area (TPSA) is 107 Å². The molecule has 7 nitrogen and oxygen atoms in total. The Balaban J connectivity index is 2.09. The molecule has 0 radical (unpaired) electrons. The summed E-state index contributed by atoms with van der Waals surface area (Å²) in [6.07, 6.45) is 1.94. The van der Waals surface area contributed by atoms with E-state index >= 15 is 0 Å². The van der Waals surface area contributed by atoms with Gasteiger partial charge in [0.1, 0.15) is 0 Å². The van der Waals surface area contributed by atoms with Crippen molar-refractivity contribution >= 4 is 28.9 Å². The fourth-order valence-electron chi connectivity index (χ4n) is 2.20. The van der Waals surface area contributed by atoms with Crippen molar-refractivity contribution in [2.45, 2.75) is 12.8 Å². The molecule has 0 aliphatic carbocycles. The Bertz CT molecular complexity index is 559. The number of nitrogens with two attached hydrogens (primary N) is 1. The number of nitrogen functional groups attached to an aromatic ring is 1. The van der Waals surface area contributed by atoms with Gasteiger partial charge >= 0.3 is 0 Å². The maximum Gasteiger partial charge on any atom is 0.271 e. The average molecular weight is 314 g/mol. The lowest BCUT2D eigenvalue weighted by atomic mass is 10.0. The molecule has 1 amide bonds. The lowest BCUT2D eigenvalue weighted by Gasteiger charge is -2.22. The van der Waals surface area contributed by atoms with Gasteiger partial charge in [-0.2, -0.15) is 0 Å². The Morgan fingerprint density at radius 2 is 2.33 bits per heavy atom. The van der Waals surface area contributed by atoms with Crippen LogP contribution in [-0.4, -0.2) is 30.6 Å². The van der Waals surface area contributed by atoms with E-state index in [0.29, 0.717) is 13.2 Å². The lowest BCUT2D eigenvalue weighted by Crippen LogP contribution is -2.33. The second kappa shape index (κ2) is 6.73. The number of benzene rings is 1. The third kappa shape index (κ3) is 3.83. The van der Waals surface area contributed by atoms with Gasteiger partial charge in [-0.3, -0.25) is 14.9 Å². The summed E-state index contributed by atoms with van der Waals surface area (Å²) in [6.45, 7) is 1.79. The second-order valence-electron chi connectivity index (χ2n) is 4.94. The SMILES string of the molecule is Nc1c(Cl)cc([N+](=O)[O-])cc1C(=O)NCC1CCCOC1. The fraction of sp³-hybridized carbons (Fsp3) is 0.462.